The van der Waals surface area contributed by atoms with Crippen molar-refractivity contribution in [2.45, 2.75) is 13.3 Å². The fourth-order valence-electron chi connectivity index (χ4n) is 3.42. The number of nitrogens with two attached hydrogens (primary N) is 1. The molecule has 0 unspecified atom stereocenters. The van der Waals surface area contributed by atoms with E-state index in [0.29, 0.717) is 34.2 Å². The highest BCUT2D eigenvalue weighted by atomic mass is 32.1. The van der Waals surface area contributed by atoms with Gasteiger partial charge in [-0.25, -0.2) is 0 Å². The van der Waals surface area contributed by atoms with Gasteiger partial charge in [-0.3, -0.25) is 14.9 Å². The first-order chi connectivity index (χ1) is 16.3. The Hall–Kier alpha value is -3.63. The van der Waals surface area contributed by atoms with Crippen molar-refractivity contribution in [3.05, 3.63) is 69.6 Å². The topological polar surface area (TPSA) is 112 Å². The SMILES string of the molecule is COc1cc(C(=O)NC(=S)Nc2sc(Cc3ccccc3)c(C)c2C(N)=O)cc(OC)c1OC. The summed E-state index contributed by atoms with van der Waals surface area (Å²) in [5.41, 5.74) is 8.12. The van der Waals surface area contributed by atoms with E-state index in [2.05, 4.69) is 10.6 Å². The minimum atomic E-state index is -0.575. The lowest BCUT2D eigenvalue weighted by Gasteiger charge is -2.14. The van der Waals surface area contributed by atoms with Crippen molar-refractivity contribution in [2.24, 2.45) is 5.73 Å². The van der Waals surface area contributed by atoms with Gasteiger partial charge in [0, 0.05) is 16.9 Å². The van der Waals surface area contributed by atoms with E-state index < -0.39 is 11.8 Å². The summed E-state index contributed by atoms with van der Waals surface area (Å²) in [5.74, 6) is -0.0273. The van der Waals surface area contributed by atoms with Crippen molar-refractivity contribution < 1.29 is 23.8 Å². The van der Waals surface area contributed by atoms with E-state index in [9.17, 15) is 9.59 Å². The highest BCUT2D eigenvalue weighted by Crippen LogP contribution is 2.38. The van der Waals surface area contributed by atoms with Gasteiger partial charge in [-0.15, -0.1) is 11.3 Å². The third kappa shape index (κ3) is 5.46. The van der Waals surface area contributed by atoms with E-state index in [1.807, 2.05) is 37.3 Å². The molecule has 1 heterocycles. The summed E-state index contributed by atoms with van der Waals surface area (Å²) in [6.07, 6.45) is 0.643. The summed E-state index contributed by atoms with van der Waals surface area (Å²) in [6.45, 7) is 1.84. The van der Waals surface area contributed by atoms with Crippen LogP contribution in [0.4, 0.5) is 5.00 Å². The normalized spacial score (nSPS) is 10.4. The third-order valence-corrected chi connectivity index (χ3v) is 6.49. The van der Waals surface area contributed by atoms with Gasteiger partial charge in [0.1, 0.15) is 5.00 Å². The lowest BCUT2D eigenvalue weighted by Crippen LogP contribution is -2.34. The van der Waals surface area contributed by atoms with Crippen LogP contribution in [-0.2, 0) is 6.42 Å². The number of hydrogen-bond acceptors (Lipinski definition) is 7. The molecule has 0 atom stereocenters. The highest BCUT2D eigenvalue weighted by Gasteiger charge is 2.22. The van der Waals surface area contributed by atoms with Crippen LogP contribution in [0.5, 0.6) is 17.2 Å². The molecule has 0 radical (unpaired) electrons. The van der Waals surface area contributed by atoms with Crippen molar-refractivity contribution in [1.29, 1.82) is 0 Å². The number of primary amides is 1. The number of anilines is 1. The van der Waals surface area contributed by atoms with Crippen LogP contribution in [0.15, 0.2) is 42.5 Å². The predicted octanol–water partition coefficient (Wildman–Crippen LogP) is 3.90. The number of hydrogen-bond donors (Lipinski definition) is 3. The van der Waals surface area contributed by atoms with Gasteiger partial charge in [-0.2, -0.15) is 0 Å². The molecule has 8 nitrogen and oxygen atoms in total. The van der Waals surface area contributed by atoms with Crippen LogP contribution < -0.4 is 30.6 Å². The summed E-state index contributed by atoms with van der Waals surface area (Å²) in [6, 6.07) is 12.9. The Bertz CT molecular complexity index is 1200. The summed E-state index contributed by atoms with van der Waals surface area (Å²) in [4.78, 5) is 26.0. The number of thiocarbonyl (C=S) groups is 1. The first kappa shape index (κ1) is 25.0. The number of thiophene rings is 1. The molecule has 3 rings (SSSR count). The maximum Gasteiger partial charge on any atom is 0.257 e. The van der Waals surface area contributed by atoms with Crippen LogP contribution >= 0.6 is 23.6 Å². The molecule has 34 heavy (non-hydrogen) atoms. The smallest absolute Gasteiger partial charge is 0.257 e. The predicted molar refractivity (Wildman–Crippen MR) is 137 cm³/mol. The second kappa shape index (κ2) is 11.0. The lowest BCUT2D eigenvalue weighted by molar-refractivity contribution is 0.0974. The summed E-state index contributed by atoms with van der Waals surface area (Å²) in [7, 11) is 4.40. The summed E-state index contributed by atoms with van der Waals surface area (Å²) >= 11 is 6.71. The lowest BCUT2D eigenvalue weighted by atomic mass is 10.1. The monoisotopic (exact) mass is 499 g/mol. The number of amides is 2. The zero-order valence-electron chi connectivity index (χ0n) is 19.2. The van der Waals surface area contributed by atoms with E-state index >= 15 is 0 Å². The van der Waals surface area contributed by atoms with Gasteiger partial charge in [-0.1, -0.05) is 30.3 Å². The molecule has 0 fully saturated rings. The van der Waals surface area contributed by atoms with Gasteiger partial charge in [0.2, 0.25) is 5.75 Å². The number of nitrogens with one attached hydrogen (secondary N) is 2. The van der Waals surface area contributed by atoms with Crippen LogP contribution in [-0.4, -0.2) is 38.3 Å². The fraction of sp³-hybridized carbons (Fsp3) is 0.208. The average Bonchev–Trinajstić information content (AvgIpc) is 3.12. The number of carbonyl (C=O) groups excluding carboxylic acids is 2. The molecular formula is C24H25N3O5S2. The van der Waals surface area contributed by atoms with Gasteiger partial charge in [0.25, 0.3) is 11.8 Å². The summed E-state index contributed by atoms with van der Waals surface area (Å²) < 4.78 is 15.9. The molecule has 0 bridgehead atoms. The molecule has 1 aromatic heterocycles. The molecule has 0 aliphatic rings. The van der Waals surface area contributed by atoms with E-state index in [4.69, 9.17) is 32.2 Å². The average molecular weight is 500 g/mol. The summed E-state index contributed by atoms with van der Waals surface area (Å²) in [5, 5.41) is 6.06. The maximum absolute atomic E-state index is 12.8. The first-order valence-corrected chi connectivity index (χ1v) is 11.4. The van der Waals surface area contributed by atoms with E-state index in [0.717, 1.165) is 16.0 Å². The Morgan fingerprint density at radius 1 is 1.03 bits per heavy atom. The molecule has 2 aromatic carbocycles. The minimum absolute atomic E-state index is 0.0220. The molecule has 2 amide bonds. The van der Waals surface area contributed by atoms with Gasteiger partial charge < -0.3 is 25.3 Å². The molecule has 0 aliphatic heterocycles. The molecular weight excluding hydrogens is 474 g/mol. The quantitative estimate of drug-likeness (QED) is 0.403. The van der Waals surface area contributed by atoms with Gasteiger partial charge in [-0.05, 0) is 42.4 Å². The number of benzene rings is 2. The first-order valence-electron chi connectivity index (χ1n) is 10.2. The maximum atomic E-state index is 12.8. The van der Waals surface area contributed by atoms with Crippen molar-refractivity contribution in [2.75, 3.05) is 26.6 Å². The number of rotatable bonds is 8. The number of carbonyl (C=O) groups is 2. The third-order valence-electron chi connectivity index (χ3n) is 5.08. The minimum Gasteiger partial charge on any atom is -0.493 e. The Morgan fingerprint density at radius 2 is 1.65 bits per heavy atom. The molecule has 4 N–H and O–H groups in total. The number of methoxy groups -OCH3 is 3. The van der Waals surface area contributed by atoms with Crippen molar-refractivity contribution in [3.8, 4) is 17.2 Å². The van der Waals surface area contributed by atoms with E-state index in [1.165, 1.54) is 44.8 Å². The van der Waals surface area contributed by atoms with Gasteiger partial charge in [0.15, 0.2) is 16.6 Å². The Labute approximate surface area is 207 Å². The molecule has 178 valence electrons. The molecule has 10 heteroatoms. The largest absolute Gasteiger partial charge is 0.493 e. The van der Waals surface area contributed by atoms with Crippen molar-refractivity contribution >= 4 is 45.5 Å². The van der Waals surface area contributed by atoms with Crippen LogP contribution in [0.25, 0.3) is 0 Å². The standard InChI is InChI=1S/C24H25N3O5S2/c1-13-18(10-14-8-6-5-7-9-14)34-23(19(13)21(25)28)27-24(33)26-22(29)15-11-16(30-2)20(32-4)17(12-15)31-3/h5-9,11-12H,10H2,1-4H3,(H2,25,28)(H2,26,27,29,33). The molecule has 3 aromatic rings. The van der Waals surface area contributed by atoms with Crippen LogP contribution in [0.3, 0.4) is 0 Å². The Morgan fingerprint density at radius 3 is 2.18 bits per heavy atom. The molecule has 0 aliphatic carbocycles. The van der Waals surface area contributed by atoms with Crippen molar-refractivity contribution in [1.82, 2.24) is 5.32 Å². The van der Waals surface area contributed by atoms with Gasteiger partial charge >= 0.3 is 0 Å². The van der Waals surface area contributed by atoms with Crippen molar-refractivity contribution in [3.63, 3.8) is 0 Å². The van der Waals surface area contributed by atoms with E-state index in [1.54, 1.807) is 0 Å². The molecule has 0 saturated carbocycles. The highest BCUT2D eigenvalue weighted by molar-refractivity contribution is 7.80. The van der Waals surface area contributed by atoms with Crippen LogP contribution in [0.2, 0.25) is 0 Å². The second-order valence-electron chi connectivity index (χ2n) is 7.20. The van der Waals surface area contributed by atoms with E-state index in [-0.39, 0.29) is 10.7 Å². The van der Waals surface area contributed by atoms with Gasteiger partial charge in [0.05, 0.1) is 26.9 Å². The molecule has 0 saturated heterocycles. The second-order valence-corrected chi connectivity index (χ2v) is 8.72. The van der Waals surface area contributed by atoms with Crippen LogP contribution in [0.1, 0.15) is 36.7 Å². The Kier molecular flexibility index (Phi) is 8.08. The van der Waals surface area contributed by atoms with Crippen LogP contribution in [0, 0.1) is 6.92 Å². The zero-order chi connectivity index (χ0) is 24.8. The number of ether oxygens (including phenoxy) is 3. The Balaban J connectivity index is 1.81. The fourth-order valence-corrected chi connectivity index (χ4v) is 4.93. The zero-order valence-corrected chi connectivity index (χ0v) is 20.8. The molecule has 0 spiro atoms.